The molecule has 4 aromatic rings. The van der Waals surface area contributed by atoms with Crippen LogP contribution in [0.2, 0.25) is 0 Å². The van der Waals surface area contributed by atoms with Crippen molar-refractivity contribution < 1.29 is 31.9 Å². The molecule has 0 atom stereocenters. The number of rotatable bonds is 14. The van der Waals surface area contributed by atoms with Crippen molar-refractivity contribution in [2.45, 2.75) is 58.4 Å². The number of esters is 1. The smallest absolute Gasteiger partial charge is 0.416 e. The molecule has 0 unspecified atom stereocenters. The molecule has 0 spiro atoms. The third-order valence-corrected chi connectivity index (χ3v) is 6.31. The molecule has 0 amide bonds. The third-order valence-electron chi connectivity index (χ3n) is 6.31. The molecule has 0 aliphatic heterocycles. The lowest BCUT2D eigenvalue weighted by Crippen LogP contribution is -2.09. The molecule has 0 saturated heterocycles. The summed E-state index contributed by atoms with van der Waals surface area (Å²) in [7, 11) is 0. The monoisotopic (exact) mass is 567 g/mol. The van der Waals surface area contributed by atoms with Crippen molar-refractivity contribution in [3.05, 3.63) is 101 Å². The molecular weight excluding hydrogens is 535 g/mol. The highest BCUT2D eigenvalue weighted by molar-refractivity contribution is 5.69. The molecule has 4 rings (SSSR count). The van der Waals surface area contributed by atoms with Gasteiger partial charge in [-0.3, -0.25) is 4.79 Å². The number of oxazole rings is 1. The van der Waals surface area contributed by atoms with Crippen LogP contribution in [0.4, 0.5) is 13.2 Å². The third kappa shape index (κ3) is 9.37. The first kappa shape index (κ1) is 29.6. The topological polar surface area (TPSA) is 79.4 Å². The molecule has 10 heteroatoms. The Balaban J connectivity index is 1.17. The summed E-state index contributed by atoms with van der Waals surface area (Å²) in [6.07, 6.45) is 7.91. The van der Waals surface area contributed by atoms with Gasteiger partial charge in [-0.15, -0.1) is 0 Å². The zero-order valence-corrected chi connectivity index (χ0v) is 22.8. The van der Waals surface area contributed by atoms with Gasteiger partial charge >= 0.3 is 12.1 Å². The van der Waals surface area contributed by atoms with E-state index in [2.05, 4.69) is 14.5 Å². The Morgan fingerprint density at radius 1 is 1.02 bits per heavy atom. The van der Waals surface area contributed by atoms with Crippen LogP contribution in [-0.4, -0.2) is 27.1 Å². The Kier molecular flexibility index (Phi) is 10.4. The van der Waals surface area contributed by atoms with Crippen LogP contribution in [0.1, 0.15) is 60.3 Å². The molecule has 41 heavy (non-hydrogen) atoms. The van der Waals surface area contributed by atoms with Gasteiger partial charge in [0.25, 0.3) is 0 Å². The van der Waals surface area contributed by atoms with Gasteiger partial charge in [-0.25, -0.2) is 9.97 Å². The Bertz CT molecular complexity index is 1410. The van der Waals surface area contributed by atoms with E-state index in [-0.39, 0.29) is 12.6 Å². The summed E-state index contributed by atoms with van der Waals surface area (Å²) in [6.45, 7) is 3.26. The first-order valence-electron chi connectivity index (χ1n) is 13.5. The van der Waals surface area contributed by atoms with Crippen molar-refractivity contribution in [2.24, 2.45) is 0 Å². The van der Waals surface area contributed by atoms with E-state index in [9.17, 15) is 18.0 Å². The van der Waals surface area contributed by atoms with E-state index in [4.69, 9.17) is 13.9 Å². The molecule has 0 radical (unpaired) electrons. The number of ether oxygens (including phenoxy) is 2. The zero-order chi connectivity index (χ0) is 29.1. The summed E-state index contributed by atoms with van der Waals surface area (Å²) in [4.78, 5) is 20.3. The zero-order valence-electron chi connectivity index (χ0n) is 22.8. The van der Waals surface area contributed by atoms with Crippen LogP contribution in [0.5, 0.6) is 5.75 Å². The number of imidazole rings is 1. The van der Waals surface area contributed by atoms with E-state index in [1.54, 1.807) is 25.3 Å². The van der Waals surface area contributed by atoms with Gasteiger partial charge in [-0.2, -0.15) is 13.2 Å². The van der Waals surface area contributed by atoms with Crippen LogP contribution in [-0.2, 0) is 41.7 Å². The van der Waals surface area contributed by atoms with E-state index in [0.717, 1.165) is 43.8 Å². The first-order valence-corrected chi connectivity index (χ1v) is 13.5. The minimum atomic E-state index is -4.36. The molecule has 0 bridgehead atoms. The van der Waals surface area contributed by atoms with Crippen molar-refractivity contribution in [2.75, 3.05) is 6.61 Å². The SMILES string of the molecule is CCOC(=O)CCc1nccn1CCCCc1ccc(OCc2coc(C=Cc3ccc(C(F)(F)F)cc3)n2)cc1. The number of alkyl halides is 3. The first-order chi connectivity index (χ1) is 19.8. The number of halogens is 3. The molecule has 2 aromatic carbocycles. The molecule has 0 N–H and O–H groups in total. The summed E-state index contributed by atoms with van der Waals surface area (Å²) >= 11 is 0. The molecule has 0 aliphatic carbocycles. The Labute approximate surface area is 236 Å². The second-order valence-electron chi connectivity index (χ2n) is 9.36. The summed E-state index contributed by atoms with van der Waals surface area (Å²) in [5.41, 5.74) is 1.72. The number of unbranched alkanes of at least 4 members (excludes halogenated alkanes) is 1. The van der Waals surface area contributed by atoms with Crippen LogP contribution >= 0.6 is 0 Å². The second kappa shape index (κ2) is 14.3. The maximum absolute atomic E-state index is 12.7. The van der Waals surface area contributed by atoms with Gasteiger partial charge in [0.2, 0.25) is 5.89 Å². The van der Waals surface area contributed by atoms with Gasteiger partial charge in [0.15, 0.2) is 0 Å². The number of aromatic nitrogens is 3. The maximum Gasteiger partial charge on any atom is 0.416 e. The van der Waals surface area contributed by atoms with E-state index in [1.165, 1.54) is 24.0 Å². The van der Waals surface area contributed by atoms with Gasteiger partial charge in [0.05, 0.1) is 18.6 Å². The second-order valence-corrected chi connectivity index (χ2v) is 9.36. The molecule has 2 aromatic heterocycles. The average Bonchev–Trinajstić information content (AvgIpc) is 3.62. The molecular formula is C31H32F3N3O4. The highest BCUT2D eigenvalue weighted by Crippen LogP contribution is 2.29. The number of aryl methyl sites for hydroxylation is 3. The number of benzene rings is 2. The average molecular weight is 568 g/mol. The van der Waals surface area contributed by atoms with E-state index in [1.807, 2.05) is 30.5 Å². The van der Waals surface area contributed by atoms with Gasteiger partial charge in [0.1, 0.15) is 30.1 Å². The maximum atomic E-state index is 12.7. The highest BCUT2D eigenvalue weighted by Gasteiger charge is 2.29. The van der Waals surface area contributed by atoms with Crippen LogP contribution in [0.15, 0.2) is 71.6 Å². The van der Waals surface area contributed by atoms with E-state index >= 15 is 0 Å². The van der Waals surface area contributed by atoms with Gasteiger partial charge in [-0.05, 0) is 67.7 Å². The van der Waals surface area contributed by atoms with Crippen LogP contribution in [0, 0.1) is 0 Å². The number of hydrogen-bond acceptors (Lipinski definition) is 6. The highest BCUT2D eigenvalue weighted by atomic mass is 19.4. The minimum absolute atomic E-state index is 0.202. The predicted octanol–water partition coefficient (Wildman–Crippen LogP) is 7.16. The fourth-order valence-electron chi connectivity index (χ4n) is 4.16. The lowest BCUT2D eigenvalue weighted by molar-refractivity contribution is -0.143. The standard InChI is InChI=1S/C31H32F3N3O4/c1-2-39-30(38)17-15-28-35-18-20-37(28)19-4-3-5-23-8-13-27(14-9-23)40-21-26-22-41-29(36-26)16-10-24-6-11-25(12-7-24)31(32,33)34/h6-14,16,18,20,22H,2-5,15,17,19,21H2,1H3. The minimum Gasteiger partial charge on any atom is -0.487 e. The predicted molar refractivity (Wildman–Crippen MR) is 148 cm³/mol. The number of nitrogens with zero attached hydrogens (tertiary/aromatic N) is 3. The summed E-state index contributed by atoms with van der Waals surface area (Å²) in [6, 6.07) is 12.8. The van der Waals surface area contributed by atoms with Gasteiger partial charge in [-0.1, -0.05) is 24.3 Å². The molecule has 216 valence electrons. The van der Waals surface area contributed by atoms with Crippen molar-refractivity contribution in [1.29, 1.82) is 0 Å². The van der Waals surface area contributed by atoms with E-state index in [0.29, 0.717) is 42.3 Å². The van der Waals surface area contributed by atoms with Crippen LogP contribution < -0.4 is 4.74 Å². The Morgan fingerprint density at radius 2 is 1.80 bits per heavy atom. The van der Waals surface area contributed by atoms with Crippen molar-refractivity contribution in [3.8, 4) is 5.75 Å². The normalized spacial score (nSPS) is 11.7. The molecule has 0 aliphatic rings. The fraction of sp³-hybridized carbons (Fsp3) is 0.323. The van der Waals surface area contributed by atoms with Crippen LogP contribution in [0.25, 0.3) is 12.2 Å². The fourth-order valence-corrected chi connectivity index (χ4v) is 4.16. The lowest BCUT2D eigenvalue weighted by Gasteiger charge is -2.08. The largest absolute Gasteiger partial charge is 0.487 e. The van der Waals surface area contributed by atoms with E-state index < -0.39 is 11.7 Å². The molecule has 7 nitrogen and oxygen atoms in total. The lowest BCUT2D eigenvalue weighted by atomic mass is 10.1. The number of carbonyl (C=O) groups is 1. The van der Waals surface area contributed by atoms with Crippen molar-refractivity contribution in [3.63, 3.8) is 0 Å². The molecule has 2 heterocycles. The summed E-state index contributed by atoms with van der Waals surface area (Å²) < 4.78 is 56.4. The molecule has 0 fully saturated rings. The summed E-state index contributed by atoms with van der Waals surface area (Å²) in [5, 5.41) is 0. The number of carbonyl (C=O) groups excluding carboxylic acids is 1. The Morgan fingerprint density at radius 3 is 2.54 bits per heavy atom. The van der Waals surface area contributed by atoms with Crippen molar-refractivity contribution in [1.82, 2.24) is 14.5 Å². The Hall–Kier alpha value is -4.34. The van der Waals surface area contributed by atoms with Gasteiger partial charge in [0, 0.05) is 31.4 Å². The number of hydrogen-bond donors (Lipinski definition) is 0. The van der Waals surface area contributed by atoms with Crippen LogP contribution in [0.3, 0.4) is 0 Å². The summed E-state index contributed by atoms with van der Waals surface area (Å²) in [5.74, 6) is 1.74. The molecule has 0 saturated carbocycles. The van der Waals surface area contributed by atoms with Gasteiger partial charge < -0.3 is 18.5 Å². The van der Waals surface area contributed by atoms with Crippen molar-refractivity contribution >= 4 is 18.1 Å². The quantitative estimate of drug-likeness (QED) is 0.119.